The SMILES string of the molecule is Cc1ccc(NC(=O)Nc2ccc3nc(S(=O)(=O)C(C)C)sc3c2)cc1. The van der Waals surface area contributed by atoms with Crippen molar-refractivity contribution in [1.82, 2.24) is 4.98 Å². The van der Waals surface area contributed by atoms with E-state index in [9.17, 15) is 13.2 Å². The summed E-state index contributed by atoms with van der Waals surface area (Å²) >= 11 is 1.11. The third kappa shape index (κ3) is 3.86. The highest BCUT2D eigenvalue weighted by Crippen LogP contribution is 2.29. The zero-order chi connectivity index (χ0) is 18.9. The fourth-order valence-electron chi connectivity index (χ4n) is 2.23. The quantitative estimate of drug-likeness (QED) is 0.691. The first-order chi connectivity index (χ1) is 12.3. The smallest absolute Gasteiger partial charge is 0.308 e. The summed E-state index contributed by atoms with van der Waals surface area (Å²) in [7, 11) is -3.41. The van der Waals surface area contributed by atoms with Crippen molar-refractivity contribution in [2.75, 3.05) is 10.6 Å². The summed E-state index contributed by atoms with van der Waals surface area (Å²) in [6, 6.07) is 12.2. The molecule has 0 unspecified atom stereocenters. The Hall–Kier alpha value is -2.45. The van der Waals surface area contributed by atoms with E-state index in [-0.39, 0.29) is 10.4 Å². The molecule has 1 aromatic heterocycles. The van der Waals surface area contributed by atoms with Crippen molar-refractivity contribution >= 4 is 48.8 Å². The standard InChI is InChI=1S/C18H19N3O3S2/c1-11(2)26(23,24)18-21-15-9-8-14(10-16(15)25-18)20-17(22)19-13-6-4-12(3)5-7-13/h4-11H,1-3H3,(H2,19,20,22). The molecule has 8 heteroatoms. The molecule has 0 radical (unpaired) electrons. The maximum absolute atomic E-state index is 12.3. The van der Waals surface area contributed by atoms with Gasteiger partial charge in [0.25, 0.3) is 0 Å². The van der Waals surface area contributed by atoms with Gasteiger partial charge in [0, 0.05) is 11.4 Å². The Morgan fingerprint density at radius 2 is 1.65 bits per heavy atom. The highest BCUT2D eigenvalue weighted by molar-refractivity contribution is 7.94. The Morgan fingerprint density at radius 1 is 1.04 bits per heavy atom. The van der Waals surface area contributed by atoms with Crippen LogP contribution < -0.4 is 10.6 Å². The molecule has 0 bridgehead atoms. The number of hydrogen-bond acceptors (Lipinski definition) is 5. The van der Waals surface area contributed by atoms with E-state index in [0.717, 1.165) is 16.9 Å². The molecule has 0 spiro atoms. The number of hydrogen-bond donors (Lipinski definition) is 2. The summed E-state index contributed by atoms with van der Waals surface area (Å²) < 4.78 is 25.3. The van der Waals surface area contributed by atoms with Crippen molar-refractivity contribution in [1.29, 1.82) is 0 Å². The molecule has 0 aliphatic rings. The Labute approximate surface area is 156 Å². The lowest BCUT2D eigenvalue weighted by Gasteiger charge is -2.07. The summed E-state index contributed by atoms with van der Waals surface area (Å²) in [5, 5.41) is 4.97. The van der Waals surface area contributed by atoms with Gasteiger partial charge in [0.15, 0.2) is 0 Å². The van der Waals surface area contributed by atoms with E-state index in [2.05, 4.69) is 15.6 Å². The largest absolute Gasteiger partial charge is 0.323 e. The molecule has 2 amide bonds. The minimum atomic E-state index is -3.41. The number of rotatable bonds is 4. The zero-order valence-electron chi connectivity index (χ0n) is 14.6. The predicted octanol–water partition coefficient (Wildman–Crippen LogP) is 4.43. The normalized spacial score (nSPS) is 11.7. The summed E-state index contributed by atoms with van der Waals surface area (Å²) in [6.45, 7) is 5.23. The first kappa shape index (κ1) is 18.3. The number of thiazole rings is 1. The number of urea groups is 1. The predicted molar refractivity (Wildman–Crippen MR) is 106 cm³/mol. The van der Waals surface area contributed by atoms with Gasteiger partial charge >= 0.3 is 6.03 Å². The zero-order valence-corrected chi connectivity index (χ0v) is 16.2. The van der Waals surface area contributed by atoms with E-state index < -0.39 is 15.1 Å². The number of sulfone groups is 1. The van der Waals surface area contributed by atoms with Gasteiger partial charge < -0.3 is 10.6 Å². The minimum absolute atomic E-state index is 0.101. The number of fused-ring (bicyclic) bond motifs is 1. The molecule has 0 saturated heterocycles. The molecule has 3 rings (SSSR count). The third-order valence-electron chi connectivity index (χ3n) is 3.80. The topological polar surface area (TPSA) is 88.2 Å². The molecule has 0 aliphatic carbocycles. The van der Waals surface area contributed by atoms with Crippen LogP contribution in [0.4, 0.5) is 16.2 Å². The number of anilines is 2. The number of carbonyl (C=O) groups excluding carboxylic acids is 1. The molecular weight excluding hydrogens is 370 g/mol. The average molecular weight is 390 g/mol. The number of amides is 2. The van der Waals surface area contributed by atoms with E-state index in [1.807, 2.05) is 31.2 Å². The molecular formula is C18H19N3O3S2. The van der Waals surface area contributed by atoms with E-state index in [1.54, 1.807) is 32.0 Å². The molecule has 0 saturated carbocycles. The van der Waals surface area contributed by atoms with Crippen LogP contribution in [0.3, 0.4) is 0 Å². The highest BCUT2D eigenvalue weighted by atomic mass is 32.2. The van der Waals surface area contributed by atoms with Gasteiger partial charge in [-0.15, -0.1) is 11.3 Å². The molecule has 6 nitrogen and oxygen atoms in total. The molecule has 3 aromatic rings. The number of nitrogens with zero attached hydrogens (tertiary/aromatic N) is 1. The van der Waals surface area contributed by atoms with Crippen LogP contribution in [0.5, 0.6) is 0 Å². The van der Waals surface area contributed by atoms with Crippen LogP contribution in [-0.4, -0.2) is 24.7 Å². The van der Waals surface area contributed by atoms with Crippen molar-refractivity contribution < 1.29 is 13.2 Å². The van der Waals surface area contributed by atoms with Crippen molar-refractivity contribution in [3.8, 4) is 0 Å². The summed E-state index contributed by atoms with van der Waals surface area (Å²) in [6.07, 6.45) is 0. The van der Waals surface area contributed by atoms with Gasteiger partial charge in [-0.1, -0.05) is 17.7 Å². The van der Waals surface area contributed by atoms with Gasteiger partial charge in [-0.2, -0.15) is 0 Å². The summed E-state index contributed by atoms with van der Waals surface area (Å²) in [5.74, 6) is 0. The van der Waals surface area contributed by atoms with Crippen LogP contribution in [0.15, 0.2) is 46.8 Å². The highest BCUT2D eigenvalue weighted by Gasteiger charge is 2.23. The molecule has 2 N–H and O–H groups in total. The van der Waals surface area contributed by atoms with E-state index in [1.165, 1.54) is 0 Å². The third-order valence-corrected chi connectivity index (χ3v) is 7.38. The molecule has 136 valence electrons. The lowest BCUT2D eigenvalue weighted by atomic mass is 10.2. The molecule has 1 heterocycles. The second-order valence-corrected chi connectivity index (χ2v) is 9.91. The van der Waals surface area contributed by atoms with Crippen LogP contribution in [-0.2, 0) is 9.84 Å². The average Bonchev–Trinajstić information content (AvgIpc) is 3.01. The fourth-order valence-corrected chi connectivity index (χ4v) is 4.91. The molecule has 26 heavy (non-hydrogen) atoms. The second kappa shape index (κ2) is 7.05. The maximum atomic E-state index is 12.3. The Kier molecular flexibility index (Phi) is 4.97. The van der Waals surface area contributed by atoms with E-state index in [4.69, 9.17) is 0 Å². The number of aryl methyl sites for hydroxylation is 1. The van der Waals surface area contributed by atoms with Gasteiger partial charge in [0.05, 0.1) is 15.5 Å². The second-order valence-electron chi connectivity index (χ2n) is 6.20. The van der Waals surface area contributed by atoms with Crippen LogP contribution in [0.2, 0.25) is 0 Å². The van der Waals surface area contributed by atoms with Crippen LogP contribution in [0.25, 0.3) is 10.2 Å². The van der Waals surface area contributed by atoms with Gasteiger partial charge in [-0.25, -0.2) is 18.2 Å². The van der Waals surface area contributed by atoms with Gasteiger partial charge in [-0.05, 0) is 51.1 Å². The number of nitrogens with one attached hydrogen (secondary N) is 2. The van der Waals surface area contributed by atoms with Crippen molar-refractivity contribution in [2.24, 2.45) is 0 Å². The Bertz CT molecular complexity index is 1050. The summed E-state index contributed by atoms with van der Waals surface area (Å²) in [5.41, 5.74) is 2.97. The Balaban J connectivity index is 1.78. The van der Waals surface area contributed by atoms with Crippen molar-refractivity contribution in [3.05, 3.63) is 48.0 Å². The van der Waals surface area contributed by atoms with Crippen LogP contribution in [0.1, 0.15) is 19.4 Å². The minimum Gasteiger partial charge on any atom is -0.308 e. The van der Waals surface area contributed by atoms with E-state index in [0.29, 0.717) is 21.6 Å². The van der Waals surface area contributed by atoms with Gasteiger partial charge in [0.1, 0.15) is 0 Å². The lowest BCUT2D eigenvalue weighted by molar-refractivity contribution is 0.262. The Morgan fingerprint density at radius 3 is 2.31 bits per heavy atom. The number of benzene rings is 2. The molecule has 0 atom stereocenters. The van der Waals surface area contributed by atoms with Crippen molar-refractivity contribution in [3.63, 3.8) is 0 Å². The van der Waals surface area contributed by atoms with Gasteiger partial charge in [0.2, 0.25) is 14.2 Å². The monoisotopic (exact) mass is 389 g/mol. The maximum Gasteiger partial charge on any atom is 0.323 e. The van der Waals surface area contributed by atoms with E-state index >= 15 is 0 Å². The van der Waals surface area contributed by atoms with Gasteiger partial charge in [-0.3, -0.25) is 0 Å². The molecule has 2 aromatic carbocycles. The van der Waals surface area contributed by atoms with Crippen LogP contribution in [0, 0.1) is 6.92 Å². The first-order valence-corrected chi connectivity index (χ1v) is 10.4. The lowest BCUT2D eigenvalue weighted by Crippen LogP contribution is -2.19. The summed E-state index contributed by atoms with van der Waals surface area (Å²) in [4.78, 5) is 16.3. The first-order valence-electron chi connectivity index (χ1n) is 8.05. The molecule has 0 fully saturated rings. The number of carbonyl (C=O) groups is 1. The fraction of sp³-hybridized carbons (Fsp3) is 0.222. The van der Waals surface area contributed by atoms with Crippen LogP contribution >= 0.6 is 11.3 Å². The molecule has 0 aliphatic heterocycles. The van der Waals surface area contributed by atoms with Crippen molar-refractivity contribution in [2.45, 2.75) is 30.4 Å². The number of aromatic nitrogens is 1.